The van der Waals surface area contributed by atoms with Crippen LogP contribution in [0.3, 0.4) is 0 Å². The lowest BCUT2D eigenvalue weighted by atomic mass is 10.1. The summed E-state index contributed by atoms with van der Waals surface area (Å²) >= 11 is 6.22. The van der Waals surface area contributed by atoms with Gasteiger partial charge in [0.1, 0.15) is 5.76 Å². The second-order valence-corrected chi connectivity index (χ2v) is 5.92. The number of rotatable bonds is 5. The molecule has 0 aliphatic carbocycles. The van der Waals surface area contributed by atoms with Crippen LogP contribution >= 0.6 is 11.6 Å². The number of nitrogens with zero attached hydrogens (tertiary/aromatic N) is 1. The molecule has 0 radical (unpaired) electrons. The average Bonchev–Trinajstić information content (AvgIpc) is 3.18. The standard InChI is InChI=1S/C17H19ClN2O2/c18-15-7-2-1-5-13(15)12-20-9-3-8-16(20)17(21)19-11-14-6-4-10-22-14/h1-2,4-7,10,16H,3,8-9,11-12H2,(H,19,21)/t16-/m1/s1. The molecule has 0 saturated carbocycles. The Morgan fingerprint density at radius 2 is 2.18 bits per heavy atom. The van der Waals surface area contributed by atoms with Gasteiger partial charge >= 0.3 is 0 Å². The molecule has 1 aliphatic heterocycles. The zero-order valence-electron chi connectivity index (χ0n) is 12.3. The van der Waals surface area contributed by atoms with E-state index in [0.717, 1.165) is 35.7 Å². The number of amides is 1. The first kappa shape index (κ1) is 15.1. The Bertz CT molecular complexity index is 627. The number of halogens is 1. The minimum Gasteiger partial charge on any atom is -0.467 e. The lowest BCUT2D eigenvalue weighted by molar-refractivity contribution is -0.125. The van der Waals surface area contributed by atoms with Gasteiger partial charge in [-0.05, 0) is 43.1 Å². The van der Waals surface area contributed by atoms with E-state index in [1.54, 1.807) is 6.26 Å². The molecule has 1 aromatic heterocycles. The van der Waals surface area contributed by atoms with Crippen LogP contribution in [0.25, 0.3) is 0 Å². The topological polar surface area (TPSA) is 45.5 Å². The average molecular weight is 319 g/mol. The van der Waals surface area contributed by atoms with Crippen molar-refractivity contribution in [1.29, 1.82) is 0 Å². The summed E-state index contributed by atoms with van der Waals surface area (Å²) in [4.78, 5) is 14.6. The van der Waals surface area contributed by atoms with E-state index in [1.165, 1.54) is 0 Å². The van der Waals surface area contributed by atoms with Crippen molar-refractivity contribution < 1.29 is 9.21 Å². The van der Waals surface area contributed by atoms with Crippen LogP contribution in [0.5, 0.6) is 0 Å². The van der Waals surface area contributed by atoms with Crippen LogP contribution in [-0.4, -0.2) is 23.4 Å². The van der Waals surface area contributed by atoms with E-state index in [2.05, 4.69) is 10.2 Å². The molecule has 116 valence electrons. The first-order valence-corrected chi connectivity index (χ1v) is 7.89. The molecule has 0 unspecified atom stereocenters. The van der Waals surface area contributed by atoms with Gasteiger partial charge < -0.3 is 9.73 Å². The van der Waals surface area contributed by atoms with Gasteiger partial charge in [0.15, 0.2) is 0 Å². The van der Waals surface area contributed by atoms with Crippen molar-refractivity contribution in [3.8, 4) is 0 Å². The van der Waals surface area contributed by atoms with Crippen molar-refractivity contribution in [2.75, 3.05) is 6.54 Å². The van der Waals surface area contributed by atoms with Crippen molar-refractivity contribution in [1.82, 2.24) is 10.2 Å². The summed E-state index contributed by atoms with van der Waals surface area (Å²) in [5.41, 5.74) is 1.06. The first-order valence-electron chi connectivity index (χ1n) is 7.51. The monoisotopic (exact) mass is 318 g/mol. The number of hydrogen-bond acceptors (Lipinski definition) is 3. The maximum absolute atomic E-state index is 12.4. The van der Waals surface area contributed by atoms with Crippen molar-refractivity contribution in [2.24, 2.45) is 0 Å². The van der Waals surface area contributed by atoms with Crippen molar-refractivity contribution in [3.05, 3.63) is 59.0 Å². The summed E-state index contributed by atoms with van der Waals surface area (Å²) in [5.74, 6) is 0.824. The van der Waals surface area contributed by atoms with Crippen molar-refractivity contribution >= 4 is 17.5 Å². The van der Waals surface area contributed by atoms with Crippen molar-refractivity contribution in [3.63, 3.8) is 0 Å². The van der Waals surface area contributed by atoms with Crippen LogP contribution in [0.4, 0.5) is 0 Å². The van der Waals surface area contributed by atoms with E-state index in [0.29, 0.717) is 13.1 Å². The van der Waals surface area contributed by atoms with Gasteiger partial charge in [-0.3, -0.25) is 9.69 Å². The number of nitrogens with one attached hydrogen (secondary N) is 1. The normalized spacial score (nSPS) is 18.5. The lowest BCUT2D eigenvalue weighted by Gasteiger charge is -2.24. The molecule has 0 spiro atoms. The third kappa shape index (κ3) is 3.51. The smallest absolute Gasteiger partial charge is 0.237 e. The molecular formula is C17H19ClN2O2. The molecule has 1 aromatic carbocycles. The lowest BCUT2D eigenvalue weighted by Crippen LogP contribution is -2.42. The Kier molecular flexibility index (Phi) is 4.80. The first-order chi connectivity index (χ1) is 10.7. The van der Waals surface area contributed by atoms with Gasteiger partial charge in [-0.2, -0.15) is 0 Å². The summed E-state index contributed by atoms with van der Waals surface area (Å²) in [7, 11) is 0. The molecule has 1 aliphatic rings. The van der Waals surface area contributed by atoms with Gasteiger partial charge in [0.25, 0.3) is 0 Å². The van der Waals surface area contributed by atoms with Gasteiger partial charge in [0.2, 0.25) is 5.91 Å². The molecule has 2 heterocycles. The highest BCUT2D eigenvalue weighted by molar-refractivity contribution is 6.31. The van der Waals surface area contributed by atoms with Crippen LogP contribution in [0.15, 0.2) is 47.1 Å². The Balaban J connectivity index is 1.60. The van der Waals surface area contributed by atoms with E-state index < -0.39 is 0 Å². The predicted molar refractivity (Wildman–Crippen MR) is 85.4 cm³/mol. The Labute approximate surface area is 135 Å². The fraction of sp³-hybridized carbons (Fsp3) is 0.353. The second kappa shape index (κ2) is 6.99. The molecule has 1 N–H and O–H groups in total. The molecule has 4 nitrogen and oxygen atoms in total. The summed E-state index contributed by atoms with van der Waals surface area (Å²) < 4.78 is 5.24. The Morgan fingerprint density at radius 1 is 1.32 bits per heavy atom. The molecular weight excluding hydrogens is 300 g/mol. The number of likely N-dealkylation sites (tertiary alicyclic amines) is 1. The Morgan fingerprint density at radius 3 is 2.95 bits per heavy atom. The van der Waals surface area contributed by atoms with Gasteiger partial charge in [-0.25, -0.2) is 0 Å². The maximum Gasteiger partial charge on any atom is 0.237 e. The summed E-state index contributed by atoms with van der Waals surface area (Å²) in [5, 5.41) is 3.70. The minimum atomic E-state index is -0.0914. The summed E-state index contributed by atoms with van der Waals surface area (Å²) in [6, 6.07) is 11.4. The number of furan rings is 1. The number of carbonyl (C=O) groups excluding carboxylic acids is 1. The van der Waals surface area contributed by atoms with Gasteiger partial charge in [-0.15, -0.1) is 0 Å². The van der Waals surface area contributed by atoms with Gasteiger partial charge in [0.05, 0.1) is 18.8 Å². The quantitative estimate of drug-likeness (QED) is 0.920. The van der Waals surface area contributed by atoms with Crippen molar-refractivity contribution in [2.45, 2.75) is 32.0 Å². The highest BCUT2D eigenvalue weighted by Gasteiger charge is 2.30. The molecule has 1 amide bonds. The van der Waals surface area contributed by atoms with Crippen LogP contribution in [0.2, 0.25) is 5.02 Å². The number of benzene rings is 1. The number of carbonyl (C=O) groups is 1. The zero-order chi connectivity index (χ0) is 15.4. The van der Waals surface area contributed by atoms with E-state index in [1.807, 2.05) is 36.4 Å². The zero-order valence-corrected chi connectivity index (χ0v) is 13.1. The highest BCUT2D eigenvalue weighted by atomic mass is 35.5. The van der Waals surface area contributed by atoms with Gasteiger partial charge in [0, 0.05) is 11.6 Å². The third-order valence-corrected chi connectivity index (χ3v) is 4.38. The molecule has 0 bridgehead atoms. The molecule has 1 atom stereocenters. The maximum atomic E-state index is 12.4. The highest BCUT2D eigenvalue weighted by Crippen LogP contribution is 2.23. The fourth-order valence-corrected chi connectivity index (χ4v) is 3.06. The largest absolute Gasteiger partial charge is 0.467 e. The minimum absolute atomic E-state index is 0.0564. The molecule has 22 heavy (non-hydrogen) atoms. The molecule has 3 rings (SSSR count). The van der Waals surface area contributed by atoms with Crippen LogP contribution < -0.4 is 5.32 Å². The molecule has 1 saturated heterocycles. The Hall–Kier alpha value is -1.78. The summed E-state index contributed by atoms with van der Waals surface area (Å²) in [6.45, 7) is 2.06. The van der Waals surface area contributed by atoms with E-state index >= 15 is 0 Å². The SMILES string of the molecule is O=C(NCc1ccco1)[C@H]1CCCN1Cc1ccccc1Cl. The summed E-state index contributed by atoms with van der Waals surface area (Å²) in [6.07, 6.45) is 3.53. The molecule has 2 aromatic rings. The van der Waals surface area contributed by atoms with Crippen LogP contribution in [-0.2, 0) is 17.9 Å². The van der Waals surface area contributed by atoms with E-state index in [9.17, 15) is 4.79 Å². The van der Waals surface area contributed by atoms with E-state index in [4.69, 9.17) is 16.0 Å². The fourth-order valence-electron chi connectivity index (χ4n) is 2.86. The number of hydrogen-bond donors (Lipinski definition) is 1. The van der Waals surface area contributed by atoms with E-state index in [-0.39, 0.29) is 11.9 Å². The van der Waals surface area contributed by atoms with Crippen LogP contribution in [0, 0.1) is 0 Å². The predicted octanol–water partition coefficient (Wildman–Crippen LogP) is 3.21. The van der Waals surface area contributed by atoms with Crippen LogP contribution in [0.1, 0.15) is 24.2 Å². The molecule has 5 heteroatoms. The van der Waals surface area contributed by atoms with Gasteiger partial charge in [-0.1, -0.05) is 29.8 Å². The second-order valence-electron chi connectivity index (χ2n) is 5.52. The third-order valence-electron chi connectivity index (χ3n) is 4.01. The molecule has 1 fully saturated rings.